The fraction of sp³-hybridized carbons (Fsp3) is 0.615. The van der Waals surface area contributed by atoms with E-state index in [9.17, 15) is 10.1 Å². The second-order valence-electron chi connectivity index (χ2n) is 4.91. The van der Waals surface area contributed by atoms with Crippen molar-refractivity contribution in [1.82, 2.24) is 9.88 Å². The van der Waals surface area contributed by atoms with Crippen molar-refractivity contribution in [2.24, 2.45) is 5.92 Å². The number of rotatable bonds is 5. The van der Waals surface area contributed by atoms with Crippen molar-refractivity contribution in [3.63, 3.8) is 0 Å². The maximum absolute atomic E-state index is 10.7. The molecule has 1 aliphatic rings. The summed E-state index contributed by atoms with van der Waals surface area (Å²) in [6.07, 6.45) is 3.83. The van der Waals surface area contributed by atoms with Gasteiger partial charge in [0.15, 0.2) is 0 Å². The number of piperidine rings is 1. The monoisotopic (exact) mass is 264 g/mol. The van der Waals surface area contributed by atoms with Crippen LogP contribution in [-0.4, -0.2) is 41.0 Å². The van der Waals surface area contributed by atoms with E-state index in [2.05, 4.69) is 22.1 Å². The summed E-state index contributed by atoms with van der Waals surface area (Å²) in [7, 11) is 0. The normalized spacial score (nSPS) is 17.3. The van der Waals surface area contributed by atoms with Crippen LogP contribution in [0.4, 0.5) is 11.5 Å². The third-order valence-corrected chi connectivity index (χ3v) is 3.68. The number of nitro groups is 1. The minimum Gasteiger partial charge on any atom is -0.370 e. The Hall–Kier alpha value is -1.69. The van der Waals surface area contributed by atoms with Gasteiger partial charge >= 0.3 is 0 Å². The first kappa shape index (κ1) is 13.7. The highest BCUT2D eigenvalue weighted by molar-refractivity contribution is 5.44. The second kappa shape index (κ2) is 6.47. The number of hydrogen-bond acceptors (Lipinski definition) is 5. The zero-order valence-corrected chi connectivity index (χ0v) is 11.2. The van der Waals surface area contributed by atoms with E-state index in [0.717, 1.165) is 26.2 Å². The molecular formula is C13H20N4O2. The molecule has 0 atom stereocenters. The van der Waals surface area contributed by atoms with E-state index in [-0.39, 0.29) is 5.69 Å². The fourth-order valence-corrected chi connectivity index (χ4v) is 2.39. The van der Waals surface area contributed by atoms with Gasteiger partial charge in [0.25, 0.3) is 5.69 Å². The summed E-state index contributed by atoms with van der Waals surface area (Å²) >= 11 is 0. The van der Waals surface area contributed by atoms with Gasteiger partial charge in [-0.05, 0) is 38.4 Å². The van der Waals surface area contributed by atoms with Gasteiger partial charge in [0, 0.05) is 18.8 Å². The van der Waals surface area contributed by atoms with Gasteiger partial charge in [0.1, 0.15) is 5.82 Å². The van der Waals surface area contributed by atoms with E-state index in [1.807, 2.05) is 0 Å². The van der Waals surface area contributed by atoms with E-state index in [1.54, 1.807) is 0 Å². The summed E-state index contributed by atoms with van der Waals surface area (Å²) in [6.45, 7) is 6.43. The van der Waals surface area contributed by atoms with Crippen molar-refractivity contribution >= 4 is 11.5 Å². The summed E-state index contributed by atoms with van der Waals surface area (Å²) in [4.78, 5) is 16.8. The molecular weight excluding hydrogens is 244 g/mol. The minimum atomic E-state index is -0.396. The number of aromatic nitrogens is 1. The van der Waals surface area contributed by atoms with E-state index >= 15 is 0 Å². The van der Waals surface area contributed by atoms with Gasteiger partial charge in [0.05, 0.1) is 11.0 Å². The van der Waals surface area contributed by atoms with Crippen LogP contribution in [0, 0.1) is 16.0 Å². The maximum atomic E-state index is 10.7. The lowest BCUT2D eigenvalue weighted by Crippen LogP contribution is -2.35. The Bertz CT molecular complexity index is 430. The Labute approximate surface area is 113 Å². The predicted molar refractivity (Wildman–Crippen MR) is 74.2 cm³/mol. The van der Waals surface area contributed by atoms with Crippen LogP contribution < -0.4 is 5.32 Å². The summed E-state index contributed by atoms with van der Waals surface area (Å²) in [5, 5.41) is 13.9. The highest BCUT2D eigenvalue weighted by Gasteiger charge is 2.18. The SMILES string of the molecule is CCN1CCC(CNc2cc([N+](=O)[O-])ccn2)CC1. The third kappa shape index (κ3) is 3.89. The Morgan fingerprint density at radius 1 is 1.53 bits per heavy atom. The standard InChI is InChI=1S/C13H20N4O2/c1-2-16-7-4-11(5-8-16)10-15-13-9-12(17(18)19)3-6-14-13/h3,6,9,11H,2,4-5,7-8,10H2,1H3,(H,14,15). The number of likely N-dealkylation sites (tertiary alicyclic amines) is 1. The van der Waals surface area contributed by atoms with Crippen LogP contribution in [0.3, 0.4) is 0 Å². The van der Waals surface area contributed by atoms with Gasteiger partial charge in [-0.2, -0.15) is 0 Å². The molecule has 2 heterocycles. The molecule has 1 aliphatic heterocycles. The van der Waals surface area contributed by atoms with Gasteiger partial charge in [-0.25, -0.2) is 4.98 Å². The molecule has 1 N–H and O–H groups in total. The number of nitrogens with zero attached hydrogens (tertiary/aromatic N) is 3. The van der Waals surface area contributed by atoms with Crippen LogP contribution in [0.1, 0.15) is 19.8 Å². The van der Waals surface area contributed by atoms with Crippen molar-refractivity contribution in [3.05, 3.63) is 28.4 Å². The Balaban J connectivity index is 1.82. The summed E-state index contributed by atoms with van der Waals surface area (Å²) in [5.74, 6) is 1.22. The van der Waals surface area contributed by atoms with Crippen molar-refractivity contribution in [1.29, 1.82) is 0 Å². The molecule has 0 saturated carbocycles. The molecule has 104 valence electrons. The molecule has 0 unspecified atom stereocenters. The van der Waals surface area contributed by atoms with E-state index in [4.69, 9.17) is 0 Å². The molecule has 1 aromatic rings. The molecule has 0 radical (unpaired) electrons. The predicted octanol–water partition coefficient (Wildman–Crippen LogP) is 2.13. The van der Waals surface area contributed by atoms with Gasteiger partial charge in [-0.3, -0.25) is 10.1 Å². The van der Waals surface area contributed by atoms with E-state index in [1.165, 1.54) is 31.2 Å². The molecule has 0 aromatic carbocycles. The number of nitrogens with one attached hydrogen (secondary N) is 1. The lowest BCUT2D eigenvalue weighted by molar-refractivity contribution is -0.384. The highest BCUT2D eigenvalue weighted by Crippen LogP contribution is 2.19. The number of hydrogen-bond donors (Lipinski definition) is 1. The molecule has 0 amide bonds. The van der Waals surface area contributed by atoms with Crippen LogP contribution in [0.2, 0.25) is 0 Å². The largest absolute Gasteiger partial charge is 0.370 e. The third-order valence-electron chi connectivity index (χ3n) is 3.68. The molecule has 19 heavy (non-hydrogen) atoms. The van der Waals surface area contributed by atoms with Gasteiger partial charge < -0.3 is 10.2 Å². The molecule has 1 saturated heterocycles. The molecule has 2 rings (SSSR count). The summed E-state index contributed by atoms with van der Waals surface area (Å²) < 4.78 is 0. The fourth-order valence-electron chi connectivity index (χ4n) is 2.39. The van der Waals surface area contributed by atoms with Crippen molar-refractivity contribution in [2.45, 2.75) is 19.8 Å². The van der Waals surface area contributed by atoms with Gasteiger partial charge in [0.2, 0.25) is 0 Å². The number of pyridine rings is 1. The van der Waals surface area contributed by atoms with Crippen molar-refractivity contribution in [3.8, 4) is 0 Å². The zero-order chi connectivity index (χ0) is 13.7. The minimum absolute atomic E-state index is 0.0818. The smallest absolute Gasteiger partial charge is 0.274 e. The van der Waals surface area contributed by atoms with Crippen LogP contribution in [0.5, 0.6) is 0 Å². The molecule has 1 fully saturated rings. The molecule has 1 aromatic heterocycles. The van der Waals surface area contributed by atoms with Gasteiger partial charge in [-0.15, -0.1) is 0 Å². The molecule has 6 heteroatoms. The zero-order valence-electron chi connectivity index (χ0n) is 11.2. The van der Waals surface area contributed by atoms with Crippen molar-refractivity contribution in [2.75, 3.05) is 31.5 Å². The van der Waals surface area contributed by atoms with Crippen LogP contribution >= 0.6 is 0 Å². The molecule has 0 aliphatic carbocycles. The lowest BCUT2D eigenvalue weighted by atomic mass is 9.97. The second-order valence-corrected chi connectivity index (χ2v) is 4.91. The molecule has 0 spiro atoms. The first-order chi connectivity index (χ1) is 9.19. The maximum Gasteiger partial charge on any atom is 0.274 e. The Morgan fingerprint density at radius 3 is 2.89 bits per heavy atom. The molecule has 0 bridgehead atoms. The quantitative estimate of drug-likeness (QED) is 0.651. The first-order valence-electron chi connectivity index (χ1n) is 6.75. The first-order valence-corrected chi connectivity index (χ1v) is 6.75. The van der Waals surface area contributed by atoms with Crippen molar-refractivity contribution < 1.29 is 4.92 Å². The Kier molecular flexibility index (Phi) is 4.68. The van der Waals surface area contributed by atoms with E-state index in [0.29, 0.717) is 11.7 Å². The summed E-state index contributed by atoms with van der Waals surface area (Å²) in [5.41, 5.74) is 0.0818. The lowest BCUT2D eigenvalue weighted by Gasteiger charge is -2.31. The number of anilines is 1. The average molecular weight is 264 g/mol. The highest BCUT2D eigenvalue weighted by atomic mass is 16.6. The Morgan fingerprint density at radius 2 is 2.26 bits per heavy atom. The van der Waals surface area contributed by atoms with Crippen LogP contribution in [0.25, 0.3) is 0 Å². The summed E-state index contributed by atoms with van der Waals surface area (Å²) in [6, 6.07) is 2.89. The topological polar surface area (TPSA) is 71.3 Å². The average Bonchev–Trinajstić information content (AvgIpc) is 2.46. The van der Waals surface area contributed by atoms with E-state index < -0.39 is 4.92 Å². The van der Waals surface area contributed by atoms with Gasteiger partial charge in [-0.1, -0.05) is 6.92 Å². The van der Waals surface area contributed by atoms with Crippen LogP contribution in [0.15, 0.2) is 18.3 Å². The molecule has 6 nitrogen and oxygen atoms in total. The van der Waals surface area contributed by atoms with Crippen LogP contribution in [-0.2, 0) is 0 Å².